The van der Waals surface area contributed by atoms with Crippen LogP contribution in [-0.2, 0) is 22.6 Å². The first kappa shape index (κ1) is 23.3. The summed E-state index contributed by atoms with van der Waals surface area (Å²) in [5.41, 5.74) is 2.99. The summed E-state index contributed by atoms with van der Waals surface area (Å²) in [6.45, 7) is 8.53. The van der Waals surface area contributed by atoms with Crippen molar-refractivity contribution in [1.82, 2.24) is 20.1 Å². The van der Waals surface area contributed by atoms with Crippen LogP contribution < -0.4 is 10.6 Å². The highest BCUT2D eigenvalue weighted by atomic mass is 32.2. The van der Waals surface area contributed by atoms with Gasteiger partial charge in [-0.1, -0.05) is 37.1 Å². The minimum atomic E-state index is -0.270. The molecular formula is C23H33N5O2S. The lowest BCUT2D eigenvalue weighted by molar-refractivity contribution is -0.121. The minimum Gasteiger partial charge on any atom is -0.352 e. The third kappa shape index (κ3) is 6.56. The molecule has 3 rings (SSSR count). The average molecular weight is 444 g/mol. The fourth-order valence-electron chi connectivity index (χ4n) is 4.03. The molecule has 0 aliphatic heterocycles. The van der Waals surface area contributed by atoms with Crippen molar-refractivity contribution in [3.8, 4) is 0 Å². The van der Waals surface area contributed by atoms with Gasteiger partial charge in [-0.3, -0.25) is 9.59 Å². The minimum absolute atomic E-state index is 0.0386. The highest BCUT2D eigenvalue weighted by Crippen LogP contribution is 2.24. The van der Waals surface area contributed by atoms with Crippen molar-refractivity contribution in [2.45, 2.75) is 89.2 Å². The van der Waals surface area contributed by atoms with Gasteiger partial charge in [0.15, 0.2) is 5.16 Å². The van der Waals surface area contributed by atoms with Gasteiger partial charge in [-0.15, -0.1) is 10.2 Å². The number of thioether (sulfide) groups is 1. The van der Waals surface area contributed by atoms with Crippen LogP contribution in [0.3, 0.4) is 0 Å². The number of nitrogens with one attached hydrogen (secondary N) is 2. The molecule has 1 aromatic carbocycles. The van der Waals surface area contributed by atoms with Crippen molar-refractivity contribution >= 4 is 29.3 Å². The molecule has 2 N–H and O–H groups in total. The number of hydrogen-bond donors (Lipinski definition) is 2. The Morgan fingerprint density at radius 3 is 2.45 bits per heavy atom. The van der Waals surface area contributed by atoms with Gasteiger partial charge in [0.2, 0.25) is 11.8 Å². The number of amides is 2. The van der Waals surface area contributed by atoms with Crippen LogP contribution in [0.15, 0.2) is 23.4 Å². The number of hydrogen-bond acceptors (Lipinski definition) is 5. The van der Waals surface area contributed by atoms with Crippen LogP contribution in [0.25, 0.3) is 0 Å². The molecule has 8 heteroatoms. The molecule has 1 atom stereocenters. The van der Waals surface area contributed by atoms with Gasteiger partial charge in [0, 0.05) is 18.3 Å². The van der Waals surface area contributed by atoms with E-state index in [9.17, 15) is 9.59 Å². The molecule has 2 amide bonds. The Morgan fingerprint density at radius 1 is 1.13 bits per heavy atom. The molecule has 1 heterocycles. The lowest BCUT2D eigenvalue weighted by Crippen LogP contribution is -2.40. The van der Waals surface area contributed by atoms with Gasteiger partial charge in [-0.05, 0) is 63.8 Å². The Hall–Kier alpha value is -2.35. The van der Waals surface area contributed by atoms with Gasteiger partial charge in [-0.25, -0.2) is 0 Å². The van der Waals surface area contributed by atoms with Gasteiger partial charge in [-0.2, -0.15) is 0 Å². The molecule has 7 nitrogen and oxygen atoms in total. The molecule has 31 heavy (non-hydrogen) atoms. The number of aryl methyl sites for hydroxylation is 2. The Balaban J connectivity index is 1.60. The quantitative estimate of drug-likeness (QED) is 0.602. The Labute approximate surface area is 188 Å². The van der Waals surface area contributed by atoms with Crippen molar-refractivity contribution in [3.05, 3.63) is 35.2 Å². The zero-order valence-electron chi connectivity index (χ0n) is 18.9. The summed E-state index contributed by atoms with van der Waals surface area (Å²) in [6.07, 6.45) is 5.89. The van der Waals surface area contributed by atoms with E-state index in [1.54, 1.807) is 0 Å². The first-order valence-electron chi connectivity index (χ1n) is 11.1. The van der Waals surface area contributed by atoms with Gasteiger partial charge in [0.25, 0.3) is 0 Å². The molecule has 1 aliphatic rings. The first-order valence-corrected chi connectivity index (χ1v) is 12.0. The number of rotatable bonds is 8. The highest BCUT2D eigenvalue weighted by molar-refractivity contribution is 8.00. The zero-order chi connectivity index (χ0) is 22.4. The van der Waals surface area contributed by atoms with Gasteiger partial charge >= 0.3 is 0 Å². The summed E-state index contributed by atoms with van der Waals surface area (Å²) in [6, 6.07) is 6.25. The normalized spacial score (nSPS) is 15.5. The summed E-state index contributed by atoms with van der Waals surface area (Å²) >= 11 is 1.39. The number of anilines is 1. The molecule has 0 radical (unpaired) electrons. The van der Waals surface area contributed by atoms with Gasteiger partial charge in [0.05, 0.1) is 11.7 Å². The predicted octanol–water partition coefficient (Wildman–Crippen LogP) is 4.03. The van der Waals surface area contributed by atoms with Crippen LogP contribution in [0.5, 0.6) is 0 Å². The standard InChI is InChI=1S/C23H33N5O2S/c1-5-28-20(14-21(29)24-19-12-15(2)11-16(3)13-19)26-27-23(28)31-17(4)22(30)25-18-9-7-6-8-10-18/h11-13,17-18H,5-10,14H2,1-4H3,(H,24,29)(H,25,30)/t17-/m0/s1. The van der Waals surface area contributed by atoms with E-state index in [0.717, 1.165) is 29.7 Å². The summed E-state index contributed by atoms with van der Waals surface area (Å²) in [5, 5.41) is 15.0. The topological polar surface area (TPSA) is 88.9 Å². The summed E-state index contributed by atoms with van der Waals surface area (Å²) in [7, 11) is 0. The molecule has 1 saturated carbocycles. The summed E-state index contributed by atoms with van der Waals surface area (Å²) in [4.78, 5) is 25.2. The molecule has 1 fully saturated rings. The Bertz CT molecular complexity index is 900. The molecule has 1 aliphatic carbocycles. The van der Waals surface area contributed by atoms with Crippen LogP contribution in [0, 0.1) is 13.8 Å². The fraction of sp³-hybridized carbons (Fsp3) is 0.565. The maximum atomic E-state index is 12.6. The maximum Gasteiger partial charge on any atom is 0.233 e. The number of carbonyl (C=O) groups is 2. The van der Waals surface area contributed by atoms with E-state index in [4.69, 9.17) is 0 Å². The van der Waals surface area contributed by atoms with Crippen LogP contribution >= 0.6 is 11.8 Å². The lowest BCUT2D eigenvalue weighted by atomic mass is 9.95. The van der Waals surface area contributed by atoms with Crippen molar-refractivity contribution in [1.29, 1.82) is 0 Å². The van der Waals surface area contributed by atoms with E-state index in [2.05, 4.69) is 26.9 Å². The van der Waals surface area contributed by atoms with Gasteiger partial charge < -0.3 is 15.2 Å². The maximum absolute atomic E-state index is 12.6. The van der Waals surface area contributed by atoms with Crippen molar-refractivity contribution in [3.63, 3.8) is 0 Å². The first-order chi connectivity index (χ1) is 14.9. The second kappa shape index (κ2) is 10.8. The zero-order valence-corrected chi connectivity index (χ0v) is 19.7. The van der Waals surface area contributed by atoms with Crippen molar-refractivity contribution < 1.29 is 9.59 Å². The molecule has 1 aromatic heterocycles. The monoisotopic (exact) mass is 443 g/mol. The summed E-state index contributed by atoms with van der Waals surface area (Å²) < 4.78 is 1.91. The third-order valence-corrected chi connectivity index (χ3v) is 6.62. The fourth-order valence-corrected chi connectivity index (χ4v) is 4.97. The summed E-state index contributed by atoms with van der Waals surface area (Å²) in [5.74, 6) is 0.509. The number of nitrogens with zero attached hydrogens (tertiary/aromatic N) is 3. The van der Waals surface area contributed by atoms with E-state index in [1.807, 2.05) is 44.4 Å². The number of benzene rings is 1. The second-order valence-corrected chi connectivity index (χ2v) is 9.66. The number of carbonyl (C=O) groups excluding carboxylic acids is 2. The van der Waals surface area contributed by atoms with Crippen molar-refractivity contribution in [2.24, 2.45) is 0 Å². The van der Waals surface area contributed by atoms with Crippen LogP contribution in [0.1, 0.15) is 62.9 Å². The van der Waals surface area contributed by atoms with Crippen LogP contribution in [0.2, 0.25) is 0 Å². The molecule has 168 valence electrons. The average Bonchev–Trinajstić information content (AvgIpc) is 3.08. The highest BCUT2D eigenvalue weighted by Gasteiger charge is 2.23. The molecule has 0 spiro atoms. The molecule has 0 saturated heterocycles. The molecule has 0 bridgehead atoms. The predicted molar refractivity (Wildman–Crippen MR) is 124 cm³/mol. The largest absolute Gasteiger partial charge is 0.352 e. The lowest BCUT2D eigenvalue weighted by Gasteiger charge is -2.24. The second-order valence-electron chi connectivity index (χ2n) is 8.35. The van der Waals surface area contributed by atoms with E-state index in [0.29, 0.717) is 17.5 Å². The Morgan fingerprint density at radius 2 is 1.81 bits per heavy atom. The molecule has 0 unspecified atom stereocenters. The van der Waals surface area contributed by atoms with Crippen LogP contribution in [0.4, 0.5) is 5.69 Å². The molecule has 2 aromatic rings. The van der Waals surface area contributed by atoms with Crippen LogP contribution in [-0.4, -0.2) is 37.9 Å². The van der Waals surface area contributed by atoms with Crippen molar-refractivity contribution in [2.75, 3.05) is 5.32 Å². The SMILES string of the molecule is CCn1c(CC(=O)Nc2cc(C)cc(C)c2)nnc1S[C@@H](C)C(=O)NC1CCCCC1. The number of aromatic nitrogens is 3. The third-order valence-electron chi connectivity index (χ3n) is 5.54. The smallest absolute Gasteiger partial charge is 0.233 e. The van der Waals surface area contributed by atoms with E-state index in [1.165, 1.54) is 31.0 Å². The van der Waals surface area contributed by atoms with E-state index < -0.39 is 0 Å². The van der Waals surface area contributed by atoms with E-state index in [-0.39, 0.29) is 29.5 Å². The van der Waals surface area contributed by atoms with Gasteiger partial charge in [0.1, 0.15) is 5.82 Å². The molecular weight excluding hydrogens is 410 g/mol. The van der Waals surface area contributed by atoms with E-state index >= 15 is 0 Å². The Kier molecular flexibility index (Phi) is 8.12.